The molecule has 1 aromatic heterocycles. The zero-order valence-corrected chi connectivity index (χ0v) is 13.5. The molecule has 3 rings (SSSR count). The van der Waals surface area contributed by atoms with E-state index in [0.29, 0.717) is 11.5 Å². The van der Waals surface area contributed by atoms with E-state index in [1.165, 1.54) is 5.56 Å². The van der Waals surface area contributed by atoms with Crippen molar-refractivity contribution in [3.8, 4) is 0 Å². The van der Waals surface area contributed by atoms with Crippen LogP contribution in [0, 0.1) is 0 Å². The topological polar surface area (TPSA) is 45.2 Å². The van der Waals surface area contributed by atoms with Crippen LogP contribution < -0.4 is 5.32 Å². The molecule has 1 aromatic carbocycles. The molecule has 1 saturated heterocycles. The molecule has 23 heavy (non-hydrogen) atoms. The van der Waals surface area contributed by atoms with E-state index in [1.54, 1.807) is 6.20 Å². The molecule has 4 nitrogen and oxygen atoms in total. The maximum Gasteiger partial charge on any atom is 0.255 e. The predicted octanol–water partition coefficient (Wildman–Crippen LogP) is 3.53. The minimum absolute atomic E-state index is 0.0915. The second-order valence-corrected chi connectivity index (χ2v) is 6.01. The molecule has 1 N–H and O–H groups in total. The lowest BCUT2D eigenvalue weighted by Gasteiger charge is -2.20. The number of rotatable bonds is 3. The van der Waals surface area contributed by atoms with Crippen molar-refractivity contribution in [1.29, 1.82) is 0 Å². The van der Waals surface area contributed by atoms with E-state index >= 15 is 0 Å². The highest BCUT2D eigenvalue weighted by Crippen LogP contribution is 2.28. The van der Waals surface area contributed by atoms with E-state index in [1.807, 2.05) is 24.1 Å². The average Bonchev–Trinajstić information content (AvgIpc) is 2.88. The highest BCUT2D eigenvalue weighted by molar-refractivity contribution is 5.94. The number of benzene rings is 1. The molecule has 0 aliphatic carbocycles. The Morgan fingerprint density at radius 2 is 1.96 bits per heavy atom. The summed E-state index contributed by atoms with van der Waals surface area (Å²) in [7, 11) is 1.82. The molecular weight excluding hydrogens is 286 g/mol. The second-order valence-electron chi connectivity index (χ2n) is 6.01. The zero-order chi connectivity index (χ0) is 16.1. The van der Waals surface area contributed by atoms with Gasteiger partial charge in [0, 0.05) is 26.3 Å². The quantitative estimate of drug-likeness (QED) is 0.943. The number of carbonyl (C=O) groups excluding carboxylic acids is 1. The van der Waals surface area contributed by atoms with Gasteiger partial charge in [0.15, 0.2) is 0 Å². The van der Waals surface area contributed by atoms with Gasteiger partial charge in [-0.3, -0.25) is 4.79 Å². The van der Waals surface area contributed by atoms with E-state index in [9.17, 15) is 4.79 Å². The number of hydrogen-bond donors (Lipinski definition) is 1. The summed E-state index contributed by atoms with van der Waals surface area (Å²) < 4.78 is 0. The van der Waals surface area contributed by atoms with Crippen molar-refractivity contribution < 1.29 is 4.79 Å². The summed E-state index contributed by atoms with van der Waals surface area (Å²) in [4.78, 5) is 18.9. The minimum atomic E-state index is 0.0915. The molecule has 1 aliphatic rings. The highest BCUT2D eigenvalue weighted by Gasteiger charge is 2.22. The number of likely N-dealkylation sites (tertiary alicyclic amines) is 1. The van der Waals surface area contributed by atoms with Crippen LogP contribution in [0.1, 0.15) is 41.1 Å². The monoisotopic (exact) mass is 309 g/mol. The van der Waals surface area contributed by atoms with Gasteiger partial charge >= 0.3 is 0 Å². The average molecular weight is 309 g/mol. The standard InChI is InChI=1S/C19H23N3O/c1-20-18-10-9-17(14-21-18)19(23)22-12-5-8-16(11-13-22)15-6-3-2-4-7-15/h2-4,6-7,9-10,14,16H,5,8,11-13H2,1H3,(H,20,21)/t16-/m0/s1. The van der Waals surface area contributed by atoms with Gasteiger partial charge in [-0.2, -0.15) is 0 Å². The van der Waals surface area contributed by atoms with Gasteiger partial charge in [-0.1, -0.05) is 30.3 Å². The number of amides is 1. The Bertz CT molecular complexity index is 639. The van der Waals surface area contributed by atoms with Crippen molar-refractivity contribution in [2.24, 2.45) is 0 Å². The first-order valence-electron chi connectivity index (χ1n) is 8.26. The molecule has 4 heteroatoms. The van der Waals surface area contributed by atoms with Gasteiger partial charge in [0.2, 0.25) is 0 Å². The van der Waals surface area contributed by atoms with Crippen molar-refractivity contribution in [3.63, 3.8) is 0 Å². The molecule has 0 saturated carbocycles. The Labute approximate surface area is 137 Å². The summed E-state index contributed by atoms with van der Waals surface area (Å²) in [5, 5.41) is 2.97. The van der Waals surface area contributed by atoms with Crippen molar-refractivity contribution in [1.82, 2.24) is 9.88 Å². The number of nitrogens with one attached hydrogen (secondary N) is 1. The molecule has 1 amide bonds. The van der Waals surface area contributed by atoms with E-state index in [4.69, 9.17) is 0 Å². The summed E-state index contributed by atoms with van der Waals surface area (Å²) in [5.41, 5.74) is 2.06. The van der Waals surface area contributed by atoms with Gasteiger partial charge in [-0.05, 0) is 42.9 Å². The van der Waals surface area contributed by atoms with Crippen LogP contribution in [0.4, 0.5) is 5.82 Å². The molecule has 2 heterocycles. The number of aromatic nitrogens is 1. The number of pyridine rings is 1. The maximum absolute atomic E-state index is 12.7. The molecule has 120 valence electrons. The van der Waals surface area contributed by atoms with Crippen molar-refractivity contribution in [3.05, 3.63) is 59.8 Å². The summed E-state index contributed by atoms with van der Waals surface area (Å²) in [6.07, 6.45) is 4.88. The highest BCUT2D eigenvalue weighted by atomic mass is 16.2. The number of hydrogen-bond acceptors (Lipinski definition) is 3. The fourth-order valence-corrected chi connectivity index (χ4v) is 3.21. The molecule has 0 unspecified atom stereocenters. The van der Waals surface area contributed by atoms with Crippen LogP contribution in [0.15, 0.2) is 48.7 Å². The Kier molecular flexibility index (Phi) is 4.91. The smallest absolute Gasteiger partial charge is 0.255 e. The van der Waals surface area contributed by atoms with Gasteiger partial charge in [0.25, 0.3) is 5.91 Å². The first-order valence-corrected chi connectivity index (χ1v) is 8.26. The normalized spacial score (nSPS) is 18.3. The molecule has 0 radical (unpaired) electrons. The molecule has 2 aromatic rings. The van der Waals surface area contributed by atoms with Gasteiger partial charge in [-0.25, -0.2) is 4.98 Å². The van der Waals surface area contributed by atoms with Crippen LogP contribution in [0.2, 0.25) is 0 Å². The summed E-state index contributed by atoms with van der Waals surface area (Å²) in [6, 6.07) is 14.3. The second kappa shape index (κ2) is 7.27. The van der Waals surface area contributed by atoms with Crippen LogP contribution >= 0.6 is 0 Å². The SMILES string of the molecule is CNc1ccc(C(=O)N2CCC[C@H](c3ccccc3)CC2)cn1. The van der Waals surface area contributed by atoms with Crippen LogP contribution in [0.5, 0.6) is 0 Å². The number of anilines is 1. The Hall–Kier alpha value is -2.36. The lowest BCUT2D eigenvalue weighted by molar-refractivity contribution is 0.0760. The molecule has 1 fully saturated rings. The molecule has 0 bridgehead atoms. The molecular formula is C19H23N3O. The summed E-state index contributed by atoms with van der Waals surface area (Å²) in [5.74, 6) is 1.43. The fourth-order valence-electron chi connectivity index (χ4n) is 3.21. The lowest BCUT2D eigenvalue weighted by atomic mass is 9.92. The van der Waals surface area contributed by atoms with Crippen molar-refractivity contribution in [2.75, 3.05) is 25.5 Å². The van der Waals surface area contributed by atoms with Crippen molar-refractivity contribution >= 4 is 11.7 Å². The number of nitrogens with zero attached hydrogens (tertiary/aromatic N) is 2. The zero-order valence-electron chi connectivity index (χ0n) is 13.5. The first-order chi connectivity index (χ1) is 11.3. The van der Waals surface area contributed by atoms with Crippen LogP contribution in [-0.2, 0) is 0 Å². The molecule has 0 spiro atoms. The third kappa shape index (κ3) is 3.70. The van der Waals surface area contributed by atoms with E-state index in [2.05, 4.69) is 40.6 Å². The van der Waals surface area contributed by atoms with E-state index < -0.39 is 0 Å². The Balaban J connectivity index is 1.66. The van der Waals surface area contributed by atoms with Crippen LogP contribution in [-0.4, -0.2) is 35.9 Å². The summed E-state index contributed by atoms with van der Waals surface area (Å²) >= 11 is 0. The van der Waals surface area contributed by atoms with Crippen molar-refractivity contribution in [2.45, 2.75) is 25.2 Å². The van der Waals surface area contributed by atoms with E-state index in [-0.39, 0.29) is 5.91 Å². The fraction of sp³-hybridized carbons (Fsp3) is 0.368. The van der Waals surface area contributed by atoms with Gasteiger partial charge in [0.1, 0.15) is 5.82 Å². The Morgan fingerprint density at radius 1 is 1.13 bits per heavy atom. The van der Waals surface area contributed by atoms with Crippen LogP contribution in [0.3, 0.4) is 0 Å². The molecule has 1 atom stereocenters. The maximum atomic E-state index is 12.7. The molecule has 1 aliphatic heterocycles. The largest absolute Gasteiger partial charge is 0.373 e. The van der Waals surface area contributed by atoms with E-state index in [0.717, 1.165) is 38.2 Å². The predicted molar refractivity (Wildman–Crippen MR) is 92.7 cm³/mol. The first kappa shape index (κ1) is 15.5. The lowest BCUT2D eigenvalue weighted by Crippen LogP contribution is -2.32. The Morgan fingerprint density at radius 3 is 2.65 bits per heavy atom. The van der Waals surface area contributed by atoms with Gasteiger partial charge in [0.05, 0.1) is 5.56 Å². The third-order valence-electron chi connectivity index (χ3n) is 4.55. The summed E-state index contributed by atoms with van der Waals surface area (Å²) in [6.45, 7) is 1.64. The minimum Gasteiger partial charge on any atom is -0.373 e. The van der Waals surface area contributed by atoms with Gasteiger partial charge in [-0.15, -0.1) is 0 Å². The number of carbonyl (C=O) groups is 1. The van der Waals surface area contributed by atoms with Gasteiger partial charge < -0.3 is 10.2 Å². The van der Waals surface area contributed by atoms with Crippen LogP contribution in [0.25, 0.3) is 0 Å². The third-order valence-corrected chi connectivity index (χ3v) is 4.55.